The van der Waals surface area contributed by atoms with Crippen LogP contribution >= 0.6 is 0 Å². The monoisotopic (exact) mass is 433 g/mol. The zero-order valence-electron chi connectivity index (χ0n) is 17.7. The molecule has 0 aliphatic heterocycles. The Kier molecular flexibility index (Phi) is 7.07. The van der Waals surface area contributed by atoms with Crippen LogP contribution in [0.4, 0.5) is 17.1 Å². The SMILES string of the molecule is COc1ccccc1NC(=O)c1ccc(NC(=O)COC(=O)c2cccc(C)c2N)cc1. The Hall–Kier alpha value is -4.33. The molecule has 0 fully saturated rings. The number of nitrogens with one attached hydrogen (secondary N) is 2. The molecule has 3 rings (SSSR count). The Balaban J connectivity index is 1.54. The predicted octanol–water partition coefficient (Wildman–Crippen LogP) is 3.63. The molecule has 0 spiro atoms. The van der Waals surface area contributed by atoms with Crippen molar-refractivity contribution in [2.75, 3.05) is 30.1 Å². The summed E-state index contributed by atoms with van der Waals surface area (Å²) in [5, 5.41) is 5.39. The van der Waals surface area contributed by atoms with Gasteiger partial charge in [-0.25, -0.2) is 4.79 Å². The van der Waals surface area contributed by atoms with Crippen LogP contribution in [0.3, 0.4) is 0 Å². The van der Waals surface area contributed by atoms with Crippen LogP contribution in [0.25, 0.3) is 0 Å². The molecule has 8 heteroatoms. The molecule has 0 unspecified atom stereocenters. The highest BCUT2D eigenvalue weighted by Gasteiger charge is 2.15. The van der Waals surface area contributed by atoms with E-state index in [0.717, 1.165) is 5.56 Å². The Morgan fingerprint density at radius 2 is 1.62 bits per heavy atom. The van der Waals surface area contributed by atoms with E-state index in [1.54, 1.807) is 67.6 Å². The van der Waals surface area contributed by atoms with Gasteiger partial charge in [0.15, 0.2) is 6.61 Å². The quantitative estimate of drug-likeness (QED) is 0.387. The maximum atomic E-state index is 12.5. The van der Waals surface area contributed by atoms with Gasteiger partial charge in [-0.15, -0.1) is 0 Å². The zero-order valence-corrected chi connectivity index (χ0v) is 17.7. The number of esters is 1. The minimum atomic E-state index is -0.676. The number of para-hydroxylation sites is 3. The topological polar surface area (TPSA) is 120 Å². The second-order valence-electron chi connectivity index (χ2n) is 6.89. The number of methoxy groups -OCH3 is 1. The molecule has 0 radical (unpaired) electrons. The van der Waals surface area contributed by atoms with Crippen molar-refractivity contribution in [1.82, 2.24) is 0 Å². The molecule has 0 aromatic heterocycles. The van der Waals surface area contributed by atoms with Gasteiger partial charge in [-0.3, -0.25) is 9.59 Å². The summed E-state index contributed by atoms with van der Waals surface area (Å²) in [4.78, 5) is 36.7. The van der Waals surface area contributed by atoms with E-state index in [-0.39, 0.29) is 11.5 Å². The minimum Gasteiger partial charge on any atom is -0.495 e. The summed E-state index contributed by atoms with van der Waals surface area (Å²) in [6.45, 7) is 1.31. The van der Waals surface area contributed by atoms with Crippen LogP contribution < -0.4 is 21.1 Å². The molecule has 4 N–H and O–H groups in total. The Morgan fingerprint density at radius 3 is 2.34 bits per heavy atom. The summed E-state index contributed by atoms with van der Waals surface area (Å²) < 4.78 is 10.3. The predicted molar refractivity (Wildman–Crippen MR) is 122 cm³/mol. The number of rotatable bonds is 7. The average molecular weight is 433 g/mol. The van der Waals surface area contributed by atoms with Crippen LogP contribution in [0, 0.1) is 6.92 Å². The Morgan fingerprint density at radius 1 is 0.906 bits per heavy atom. The number of hydrogen-bond acceptors (Lipinski definition) is 6. The van der Waals surface area contributed by atoms with E-state index in [1.807, 2.05) is 0 Å². The van der Waals surface area contributed by atoms with E-state index >= 15 is 0 Å². The Bertz CT molecular complexity index is 1140. The number of aryl methyl sites for hydroxylation is 1. The number of benzene rings is 3. The van der Waals surface area contributed by atoms with Gasteiger partial charge in [0.05, 0.1) is 18.4 Å². The lowest BCUT2D eigenvalue weighted by Gasteiger charge is -2.11. The van der Waals surface area contributed by atoms with Crippen molar-refractivity contribution in [3.63, 3.8) is 0 Å². The second kappa shape index (κ2) is 10.1. The van der Waals surface area contributed by atoms with Crippen LogP contribution in [0.2, 0.25) is 0 Å². The summed E-state index contributed by atoms with van der Waals surface area (Å²) in [6, 6.07) is 18.4. The lowest BCUT2D eigenvalue weighted by Crippen LogP contribution is -2.21. The van der Waals surface area contributed by atoms with E-state index in [2.05, 4.69) is 10.6 Å². The van der Waals surface area contributed by atoms with Gasteiger partial charge in [-0.05, 0) is 55.0 Å². The lowest BCUT2D eigenvalue weighted by molar-refractivity contribution is -0.119. The van der Waals surface area contributed by atoms with Gasteiger partial charge >= 0.3 is 5.97 Å². The molecule has 0 bridgehead atoms. The highest BCUT2D eigenvalue weighted by molar-refractivity contribution is 6.05. The van der Waals surface area contributed by atoms with Crippen molar-refractivity contribution >= 4 is 34.8 Å². The number of anilines is 3. The van der Waals surface area contributed by atoms with E-state index in [1.165, 1.54) is 13.2 Å². The highest BCUT2D eigenvalue weighted by atomic mass is 16.5. The highest BCUT2D eigenvalue weighted by Crippen LogP contribution is 2.24. The normalized spacial score (nSPS) is 10.2. The van der Waals surface area contributed by atoms with Crippen molar-refractivity contribution in [3.05, 3.63) is 83.4 Å². The molecule has 3 aromatic rings. The molecule has 0 atom stereocenters. The summed E-state index contributed by atoms with van der Waals surface area (Å²) in [6.07, 6.45) is 0. The van der Waals surface area contributed by atoms with Crippen LogP contribution in [0.15, 0.2) is 66.7 Å². The van der Waals surface area contributed by atoms with E-state index in [9.17, 15) is 14.4 Å². The number of carbonyl (C=O) groups excluding carboxylic acids is 3. The van der Waals surface area contributed by atoms with Crippen LogP contribution in [-0.2, 0) is 9.53 Å². The van der Waals surface area contributed by atoms with Crippen molar-refractivity contribution in [2.45, 2.75) is 6.92 Å². The standard InChI is InChI=1S/C24H23N3O5/c1-15-6-5-7-18(22(15)25)24(30)32-14-21(28)26-17-12-10-16(11-13-17)23(29)27-19-8-3-4-9-20(19)31-2/h3-13H,14,25H2,1-2H3,(H,26,28)(H,27,29). The third kappa shape index (κ3) is 5.42. The molecular weight excluding hydrogens is 410 g/mol. The number of amides is 2. The molecule has 0 saturated carbocycles. The number of nitrogens with two attached hydrogens (primary N) is 1. The fourth-order valence-electron chi connectivity index (χ4n) is 2.91. The molecule has 8 nitrogen and oxygen atoms in total. The first-order valence-corrected chi connectivity index (χ1v) is 9.75. The van der Waals surface area contributed by atoms with Gasteiger partial charge in [0.1, 0.15) is 5.75 Å². The van der Waals surface area contributed by atoms with Crippen LogP contribution in [0.5, 0.6) is 5.75 Å². The summed E-state index contributed by atoms with van der Waals surface area (Å²) in [5.74, 6) is -0.968. The fourth-order valence-corrected chi connectivity index (χ4v) is 2.91. The number of ether oxygens (including phenoxy) is 2. The molecule has 0 heterocycles. The maximum Gasteiger partial charge on any atom is 0.340 e. The van der Waals surface area contributed by atoms with Crippen molar-refractivity contribution in [1.29, 1.82) is 0 Å². The summed E-state index contributed by atoms with van der Waals surface area (Å²) in [7, 11) is 1.52. The fraction of sp³-hybridized carbons (Fsp3) is 0.125. The minimum absolute atomic E-state index is 0.211. The first-order valence-electron chi connectivity index (χ1n) is 9.75. The first-order chi connectivity index (χ1) is 15.4. The van der Waals surface area contributed by atoms with E-state index in [4.69, 9.17) is 15.2 Å². The summed E-state index contributed by atoms with van der Waals surface area (Å²) >= 11 is 0. The molecule has 32 heavy (non-hydrogen) atoms. The van der Waals surface area contributed by atoms with Gasteiger partial charge < -0.3 is 25.8 Å². The van der Waals surface area contributed by atoms with Gasteiger partial charge in [0.2, 0.25) is 0 Å². The Labute approximate surface area is 185 Å². The first kappa shape index (κ1) is 22.4. The van der Waals surface area contributed by atoms with Gasteiger partial charge in [0, 0.05) is 16.9 Å². The van der Waals surface area contributed by atoms with Crippen molar-refractivity contribution < 1.29 is 23.9 Å². The molecule has 3 aromatic carbocycles. The average Bonchev–Trinajstić information content (AvgIpc) is 2.80. The maximum absolute atomic E-state index is 12.5. The van der Waals surface area contributed by atoms with Crippen molar-refractivity contribution in [3.8, 4) is 5.75 Å². The largest absolute Gasteiger partial charge is 0.495 e. The lowest BCUT2D eigenvalue weighted by atomic mass is 10.1. The van der Waals surface area contributed by atoms with Gasteiger partial charge in [0.25, 0.3) is 11.8 Å². The molecule has 0 aliphatic carbocycles. The molecule has 0 saturated heterocycles. The smallest absolute Gasteiger partial charge is 0.340 e. The van der Waals surface area contributed by atoms with Crippen molar-refractivity contribution in [2.24, 2.45) is 0 Å². The zero-order chi connectivity index (χ0) is 23.1. The second-order valence-corrected chi connectivity index (χ2v) is 6.89. The van der Waals surface area contributed by atoms with Gasteiger partial charge in [-0.1, -0.05) is 24.3 Å². The van der Waals surface area contributed by atoms with E-state index < -0.39 is 18.5 Å². The number of hydrogen-bond donors (Lipinski definition) is 3. The molecule has 2 amide bonds. The molecule has 164 valence electrons. The molecular formula is C24H23N3O5. The molecule has 0 aliphatic rings. The van der Waals surface area contributed by atoms with Crippen LogP contribution in [0.1, 0.15) is 26.3 Å². The third-order valence-corrected chi connectivity index (χ3v) is 4.66. The van der Waals surface area contributed by atoms with Gasteiger partial charge in [-0.2, -0.15) is 0 Å². The number of nitrogen functional groups attached to an aromatic ring is 1. The van der Waals surface area contributed by atoms with E-state index in [0.29, 0.717) is 28.4 Å². The van der Waals surface area contributed by atoms with Crippen LogP contribution in [-0.4, -0.2) is 31.5 Å². The summed E-state index contributed by atoms with van der Waals surface area (Å²) in [5.41, 5.74) is 8.56. The third-order valence-electron chi connectivity index (χ3n) is 4.66. The number of carbonyl (C=O) groups is 3.